The van der Waals surface area contributed by atoms with Crippen LogP contribution < -0.4 is 5.32 Å². The number of rotatable bonds is 4. The van der Waals surface area contributed by atoms with E-state index in [1.54, 1.807) is 0 Å². The van der Waals surface area contributed by atoms with Gasteiger partial charge >= 0.3 is 0 Å². The topological polar surface area (TPSA) is 62.7 Å². The van der Waals surface area contributed by atoms with Gasteiger partial charge in [-0.05, 0) is 50.3 Å². The summed E-state index contributed by atoms with van der Waals surface area (Å²) in [6.07, 6.45) is 0. The molecule has 0 aliphatic rings. The molecule has 0 aliphatic carbocycles. The Balaban J connectivity index is 2.15. The van der Waals surface area contributed by atoms with E-state index in [9.17, 15) is 9.18 Å². The van der Waals surface area contributed by atoms with E-state index in [0.717, 1.165) is 0 Å². The Labute approximate surface area is 120 Å². The number of carbonyl (C=O) groups excluding carboxylic acids is 1. The van der Waals surface area contributed by atoms with Gasteiger partial charge in [0.15, 0.2) is 10.6 Å². The molecule has 5 nitrogen and oxygen atoms in total. The van der Waals surface area contributed by atoms with Crippen molar-refractivity contribution in [1.82, 2.24) is 20.1 Å². The fraction of sp³-hybridized carbons (Fsp3) is 0.308. The lowest BCUT2D eigenvalue weighted by atomic mass is 10.2. The number of nitrogens with zero attached hydrogens (tertiary/aromatic N) is 2. The molecule has 2 aromatic rings. The third-order valence-corrected chi connectivity index (χ3v) is 3.26. The number of hydrogen-bond donors (Lipinski definition) is 2. The summed E-state index contributed by atoms with van der Waals surface area (Å²) in [5, 5.41) is 9.63. The second kappa shape index (κ2) is 5.96. The lowest BCUT2D eigenvalue weighted by Gasteiger charge is -2.14. The van der Waals surface area contributed by atoms with Gasteiger partial charge in [0, 0.05) is 12.1 Å². The van der Waals surface area contributed by atoms with Crippen molar-refractivity contribution in [2.75, 3.05) is 0 Å². The highest BCUT2D eigenvalue weighted by Crippen LogP contribution is 2.11. The van der Waals surface area contributed by atoms with Crippen LogP contribution in [0.25, 0.3) is 0 Å². The van der Waals surface area contributed by atoms with E-state index in [4.69, 9.17) is 12.2 Å². The molecular formula is C13H15FN4OS. The molecule has 0 saturated heterocycles. The average molecular weight is 294 g/mol. The van der Waals surface area contributed by atoms with Crippen LogP contribution in [-0.4, -0.2) is 20.7 Å². The van der Waals surface area contributed by atoms with E-state index in [1.807, 2.05) is 18.4 Å². The molecule has 0 bridgehead atoms. The average Bonchev–Trinajstić information content (AvgIpc) is 2.80. The van der Waals surface area contributed by atoms with Crippen LogP contribution in [-0.2, 0) is 6.54 Å². The first-order valence-electron chi connectivity index (χ1n) is 6.24. The van der Waals surface area contributed by atoms with Gasteiger partial charge in [0.1, 0.15) is 5.82 Å². The van der Waals surface area contributed by atoms with Gasteiger partial charge in [-0.2, -0.15) is 5.10 Å². The Hall–Kier alpha value is -2.02. The van der Waals surface area contributed by atoms with Crippen LogP contribution in [0.4, 0.5) is 4.39 Å². The van der Waals surface area contributed by atoms with Crippen molar-refractivity contribution in [3.05, 3.63) is 46.2 Å². The van der Waals surface area contributed by atoms with E-state index >= 15 is 0 Å². The molecule has 1 atom stereocenters. The molecule has 1 amide bonds. The first kappa shape index (κ1) is 14.4. The number of carbonyl (C=O) groups is 1. The van der Waals surface area contributed by atoms with Crippen molar-refractivity contribution in [2.24, 2.45) is 0 Å². The Morgan fingerprint density at radius 3 is 2.75 bits per heavy atom. The monoisotopic (exact) mass is 294 g/mol. The van der Waals surface area contributed by atoms with E-state index in [2.05, 4.69) is 15.5 Å². The zero-order chi connectivity index (χ0) is 14.7. The van der Waals surface area contributed by atoms with Gasteiger partial charge in [0.05, 0.1) is 6.04 Å². The molecule has 1 heterocycles. The van der Waals surface area contributed by atoms with Crippen LogP contribution in [0.3, 0.4) is 0 Å². The number of H-pyrrole nitrogens is 1. The van der Waals surface area contributed by atoms with Crippen LogP contribution in [0.15, 0.2) is 24.3 Å². The van der Waals surface area contributed by atoms with Crippen LogP contribution in [0.1, 0.15) is 36.1 Å². The third-order valence-electron chi connectivity index (χ3n) is 2.95. The number of hydrogen-bond acceptors (Lipinski definition) is 3. The second-order valence-electron chi connectivity index (χ2n) is 4.33. The first-order valence-corrected chi connectivity index (χ1v) is 6.65. The highest BCUT2D eigenvalue weighted by molar-refractivity contribution is 7.71. The molecule has 7 heteroatoms. The summed E-state index contributed by atoms with van der Waals surface area (Å²) in [5.41, 5.74) is 0.399. The van der Waals surface area contributed by atoms with Crippen molar-refractivity contribution in [2.45, 2.75) is 26.4 Å². The van der Waals surface area contributed by atoms with E-state index < -0.39 is 0 Å². The van der Waals surface area contributed by atoms with Crippen molar-refractivity contribution in [3.8, 4) is 0 Å². The van der Waals surface area contributed by atoms with Crippen molar-refractivity contribution in [3.63, 3.8) is 0 Å². The fourth-order valence-electron chi connectivity index (χ4n) is 1.91. The molecule has 1 aromatic carbocycles. The van der Waals surface area contributed by atoms with Gasteiger partial charge in [-0.25, -0.2) is 4.39 Å². The zero-order valence-electron chi connectivity index (χ0n) is 11.2. The molecule has 106 valence electrons. The summed E-state index contributed by atoms with van der Waals surface area (Å²) in [6, 6.07) is 5.08. The molecule has 2 N–H and O–H groups in total. The summed E-state index contributed by atoms with van der Waals surface area (Å²) in [5.74, 6) is 0.00325. The van der Waals surface area contributed by atoms with Crippen LogP contribution in [0, 0.1) is 10.6 Å². The molecule has 0 spiro atoms. The van der Waals surface area contributed by atoms with Gasteiger partial charge in [-0.15, -0.1) is 0 Å². The Bertz CT molecular complexity index is 662. The molecule has 0 radical (unpaired) electrons. The van der Waals surface area contributed by atoms with Gasteiger partial charge in [0.25, 0.3) is 5.91 Å². The Kier molecular flexibility index (Phi) is 4.29. The Morgan fingerprint density at radius 1 is 1.50 bits per heavy atom. The van der Waals surface area contributed by atoms with Crippen molar-refractivity contribution in [1.29, 1.82) is 0 Å². The quantitative estimate of drug-likeness (QED) is 0.852. The maximum atomic E-state index is 12.8. The largest absolute Gasteiger partial charge is 0.342 e. The summed E-state index contributed by atoms with van der Waals surface area (Å²) >= 11 is 5.10. The maximum absolute atomic E-state index is 12.8. The first-order chi connectivity index (χ1) is 9.52. The standard InChI is InChI=1S/C13H15FN4OS/c1-3-18-11(16-17-13(18)20)8(2)15-12(19)9-4-6-10(14)7-5-9/h4-8H,3H2,1-2H3,(H,15,19)(H,17,20). The normalized spacial score (nSPS) is 12.2. The molecule has 0 saturated carbocycles. The van der Waals surface area contributed by atoms with Gasteiger partial charge in [-0.1, -0.05) is 0 Å². The number of halogens is 1. The van der Waals surface area contributed by atoms with Crippen molar-refractivity contribution < 1.29 is 9.18 Å². The van der Waals surface area contributed by atoms with E-state index in [1.165, 1.54) is 24.3 Å². The molecular weight excluding hydrogens is 279 g/mol. The van der Waals surface area contributed by atoms with Crippen molar-refractivity contribution >= 4 is 18.1 Å². The summed E-state index contributed by atoms with van der Waals surface area (Å²) in [7, 11) is 0. The van der Waals surface area contributed by atoms with Gasteiger partial charge < -0.3 is 9.88 Å². The smallest absolute Gasteiger partial charge is 0.251 e. The number of nitrogens with one attached hydrogen (secondary N) is 2. The number of aromatic amines is 1. The minimum atomic E-state index is -0.374. The summed E-state index contributed by atoms with van der Waals surface area (Å²) < 4.78 is 15.1. The lowest BCUT2D eigenvalue weighted by molar-refractivity contribution is 0.0937. The SMILES string of the molecule is CCn1c(C(C)NC(=O)c2ccc(F)cc2)n[nH]c1=S. The van der Waals surface area contributed by atoms with E-state index in [-0.39, 0.29) is 17.8 Å². The fourth-order valence-corrected chi connectivity index (χ4v) is 2.18. The minimum absolute atomic E-state index is 0.283. The highest BCUT2D eigenvalue weighted by Gasteiger charge is 2.16. The molecule has 1 unspecified atom stereocenters. The van der Waals surface area contributed by atoms with Crippen LogP contribution >= 0.6 is 12.2 Å². The number of aromatic nitrogens is 3. The van der Waals surface area contributed by atoms with Crippen LogP contribution in [0.5, 0.6) is 0 Å². The second-order valence-corrected chi connectivity index (χ2v) is 4.72. The summed E-state index contributed by atoms with van der Waals surface area (Å²) in [6.45, 7) is 4.43. The van der Waals surface area contributed by atoms with Gasteiger partial charge in [-0.3, -0.25) is 9.89 Å². The Morgan fingerprint density at radius 2 is 2.15 bits per heavy atom. The maximum Gasteiger partial charge on any atom is 0.251 e. The lowest BCUT2D eigenvalue weighted by Crippen LogP contribution is -2.28. The predicted octanol–water partition coefficient (Wildman–Crippen LogP) is 2.59. The molecule has 2 rings (SSSR count). The zero-order valence-corrected chi connectivity index (χ0v) is 12.0. The number of amides is 1. The molecule has 1 aromatic heterocycles. The highest BCUT2D eigenvalue weighted by atomic mass is 32.1. The van der Waals surface area contributed by atoms with Gasteiger partial charge in [0.2, 0.25) is 0 Å². The predicted molar refractivity (Wildman–Crippen MR) is 75.4 cm³/mol. The van der Waals surface area contributed by atoms with Crippen LogP contribution in [0.2, 0.25) is 0 Å². The summed E-state index contributed by atoms with van der Waals surface area (Å²) in [4.78, 5) is 12.0. The molecule has 0 aliphatic heterocycles. The minimum Gasteiger partial charge on any atom is -0.342 e. The number of benzene rings is 1. The molecule has 20 heavy (non-hydrogen) atoms. The third kappa shape index (κ3) is 2.93. The van der Waals surface area contributed by atoms with E-state index in [0.29, 0.717) is 22.7 Å². The molecule has 0 fully saturated rings.